The van der Waals surface area contributed by atoms with Gasteiger partial charge in [-0.2, -0.15) is 5.10 Å². The van der Waals surface area contributed by atoms with Gasteiger partial charge in [-0.15, -0.1) is 24.0 Å². The van der Waals surface area contributed by atoms with Crippen molar-refractivity contribution in [2.75, 3.05) is 20.1 Å². The van der Waals surface area contributed by atoms with Crippen LogP contribution in [0.15, 0.2) is 35.6 Å². The lowest BCUT2D eigenvalue weighted by Gasteiger charge is -2.22. The van der Waals surface area contributed by atoms with Crippen molar-refractivity contribution in [2.45, 2.75) is 32.7 Å². The first-order chi connectivity index (χ1) is 11.6. The van der Waals surface area contributed by atoms with Gasteiger partial charge in [-0.1, -0.05) is 23.8 Å². The van der Waals surface area contributed by atoms with Gasteiger partial charge in [-0.05, 0) is 37.0 Å². The average molecular weight is 453 g/mol. The molecule has 0 saturated carbocycles. The largest absolute Gasteiger partial charge is 0.352 e. The van der Waals surface area contributed by atoms with Gasteiger partial charge >= 0.3 is 0 Å². The summed E-state index contributed by atoms with van der Waals surface area (Å²) in [5, 5.41) is 7.82. The predicted octanol–water partition coefficient (Wildman–Crippen LogP) is 3.22. The van der Waals surface area contributed by atoms with E-state index in [2.05, 4.69) is 58.6 Å². The molecule has 1 aliphatic heterocycles. The molecule has 1 atom stereocenters. The molecular weight excluding hydrogens is 425 g/mol. The highest BCUT2D eigenvalue weighted by Gasteiger charge is 2.26. The maximum atomic E-state index is 4.48. The lowest BCUT2D eigenvalue weighted by atomic mass is 10.0. The third kappa shape index (κ3) is 4.74. The van der Waals surface area contributed by atoms with Gasteiger partial charge in [0.2, 0.25) is 0 Å². The van der Waals surface area contributed by atoms with Gasteiger partial charge in [-0.3, -0.25) is 9.67 Å². The fourth-order valence-electron chi connectivity index (χ4n) is 3.43. The van der Waals surface area contributed by atoms with Crippen molar-refractivity contribution in [1.29, 1.82) is 0 Å². The van der Waals surface area contributed by atoms with Crippen molar-refractivity contribution >= 4 is 29.9 Å². The second-order valence-electron chi connectivity index (χ2n) is 6.71. The molecule has 0 radical (unpaired) electrons. The van der Waals surface area contributed by atoms with Crippen molar-refractivity contribution in [3.05, 3.63) is 52.8 Å². The van der Waals surface area contributed by atoms with Crippen LogP contribution in [0, 0.1) is 13.8 Å². The zero-order valence-corrected chi connectivity index (χ0v) is 17.8. The molecule has 1 saturated heterocycles. The second-order valence-corrected chi connectivity index (χ2v) is 6.71. The molecule has 1 unspecified atom stereocenters. The summed E-state index contributed by atoms with van der Waals surface area (Å²) in [6.45, 7) is 7.14. The van der Waals surface area contributed by atoms with E-state index in [9.17, 15) is 0 Å². The van der Waals surface area contributed by atoms with Crippen LogP contribution in [-0.2, 0) is 13.6 Å². The first-order valence-corrected chi connectivity index (χ1v) is 8.57. The monoisotopic (exact) mass is 453 g/mol. The Morgan fingerprint density at radius 1 is 1.36 bits per heavy atom. The highest BCUT2D eigenvalue weighted by Crippen LogP contribution is 2.26. The van der Waals surface area contributed by atoms with Crippen molar-refractivity contribution in [3.63, 3.8) is 0 Å². The molecule has 1 aliphatic rings. The number of hydrogen-bond donors (Lipinski definition) is 1. The number of rotatable bonds is 3. The highest BCUT2D eigenvalue weighted by molar-refractivity contribution is 14.0. The van der Waals surface area contributed by atoms with Crippen molar-refractivity contribution in [2.24, 2.45) is 12.0 Å². The lowest BCUT2D eigenvalue weighted by molar-refractivity contribution is 0.485. The molecule has 2 aromatic rings. The van der Waals surface area contributed by atoms with E-state index in [0.717, 1.165) is 32.0 Å². The fraction of sp³-hybridized carbons (Fsp3) is 0.474. The Hall–Kier alpha value is -1.57. The van der Waals surface area contributed by atoms with E-state index in [0.29, 0.717) is 5.92 Å². The van der Waals surface area contributed by atoms with Gasteiger partial charge in [0.05, 0.1) is 6.20 Å². The van der Waals surface area contributed by atoms with Crippen LogP contribution in [0.3, 0.4) is 0 Å². The minimum absolute atomic E-state index is 0. The van der Waals surface area contributed by atoms with Crippen LogP contribution < -0.4 is 5.32 Å². The highest BCUT2D eigenvalue weighted by atomic mass is 127. The number of hydrogen-bond acceptors (Lipinski definition) is 2. The molecule has 6 heteroatoms. The van der Waals surface area contributed by atoms with Gasteiger partial charge in [0.15, 0.2) is 5.96 Å². The van der Waals surface area contributed by atoms with E-state index in [1.54, 1.807) is 0 Å². The minimum atomic E-state index is 0. The zero-order valence-electron chi connectivity index (χ0n) is 15.5. The van der Waals surface area contributed by atoms with Gasteiger partial charge in [0.1, 0.15) is 0 Å². The maximum Gasteiger partial charge on any atom is 0.193 e. The number of guanidine groups is 1. The number of aryl methyl sites for hydroxylation is 3. The number of nitrogens with one attached hydrogen (secondary N) is 1. The molecule has 1 fully saturated rings. The molecule has 25 heavy (non-hydrogen) atoms. The molecule has 5 nitrogen and oxygen atoms in total. The third-order valence-electron chi connectivity index (χ3n) is 4.83. The standard InChI is InChI=1S/C19H27N5.HI/c1-14-5-6-16(15(2)9-14)10-21-19(20-3)24-8-7-17(13-24)18-11-22-23(4)12-18;/h5-6,9,11-12,17H,7-8,10,13H2,1-4H3,(H,20,21);1H. The minimum Gasteiger partial charge on any atom is -0.352 e. The molecule has 1 aromatic carbocycles. The van der Waals surface area contributed by atoms with Crippen LogP contribution in [-0.4, -0.2) is 40.8 Å². The summed E-state index contributed by atoms with van der Waals surface area (Å²) in [6.07, 6.45) is 5.26. The molecule has 1 N–H and O–H groups in total. The number of nitrogens with zero attached hydrogens (tertiary/aromatic N) is 4. The Kier molecular flexibility index (Phi) is 6.87. The van der Waals surface area contributed by atoms with Crippen molar-refractivity contribution in [1.82, 2.24) is 20.0 Å². The molecule has 2 heterocycles. The summed E-state index contributed by atoms with van der Waals surface area (Å²) < 4.78 is 1.88. The molecule has 3 rings (SSSR count). The molecule has 0 bridgehead atoms. The molecular formula is C19H28IN5. The lowest BCUT2D eigenvalue weighted by Crippen LogP contribution is -2.39. The van der Waals surface area contributed by atoms with Crippen LogP contribution in [0.5, 0.6) is 0 Å². The fourth-order valence-corrected chi connectivity index (χ4v) is 3.43. The van der Waals surface area contributed by atoms with Crippen LogP contribution in [0.4, 0.5) is 0 Å². The average Bonchev–Trinajstić information content (AvgIpc) is 3.19. The summed E-state index contributed by atoms with van der Waals surface area (Å²) in [6, 6.07) is 6.60. The number of aliphatic imine (C=N–C) groups is 1. The smallest absolute Gasteiger partial charge is 0.193 e. The molecule has 1 aromatic heterocycles. The van der Waals surface area contributed by atoms with Crippen LogP contribution in [0.25, 0.3) is 0 Å². The first-order valence-electron chi connectivity index (χ1n) is 8.57. The molecule has 0 spiro atoms. The Bertz CT molecular complexity index is 737. The van der Waals surface area contributed by atoms with Gasteiger partial charge in [0, 0.05) is 45.8 Å². The number of aromatic nitrogens is 2. The SMILES string of the molecule is CN=C(NCc1ccc(C)cc1C)N1CCC(c2cnn(C)c2)C1.I. The number of likely N-dealkylation sites (tertiary alicyclic amines) is 1. The molecule has 136 valence electrons. The summed E-state index contributed by atoms with van der Waals surface area (Å²) in [5.74, 6) is 1.53. The predicted molar refractivity (Wildman–Crippen MR) is 114 cm³/mol. The summed E-state index contributed by atoms with van der Waals surface area (Å²) in [5.41, 5.74) is 5.28. The number of halogens is 1. The Balaban J connectivity index is 0.00000225. The van der Waals surface area contributed by atoms with E-state index in [4.69, 9.17) is 0 Å². The normalized spacial score (nSPS) is 17.5. The van der Waals surface area contributed by atoms with Crippen LogP contribution in [0.2, 0.25) is 0 Å². The van der Waals surface area contributed by atoms with E-state index in [1.165, 1.54) is 22.3 Å². The Morgan fingerprint density at radius 2 is 2.16 bits per heavy atom. The van der Waals surface area contributed by atoms with E-state index in [-0.39, 0.29) is 24.0 Å². The van der Waals surface area contributed by atoms with E-state index in [1.807, 2.05) is 25.0 Å². The summed E-state index contributed by atoms with van der Waals surface area (Å²) >= 11 is 0. The topological polar surface area (TPSA) is 45.5 Å². The van der Waals surface area contributed by atoms with Crippen LogP contribution in [0.1, 0.15) is 34.6 Å². The second kappa shape index (κ2) is 8.69. The first kappa shape index (κ1) is 19.8. The van der Waals surface area contributed by atoms with Gasteiger partial charge < -0.3 is 10.2 Å². The molecule has 0 aliphatic carbocycles. The third-order valence-corrected chi connectivity index (χ3v) is 4.83. The van der Waals surface area contributed by atoms with Crippen molar-refractivity contribution in [3.8, 4) is 0 Å². The summed E-state index contributed by atoms with van der Waals surface area (Å²) in [4.78, 5) is 6.82. The summed E-state index contributed by atoms with van der Waals surface area (Å²) in [7, 11) is 3.84. The molecule has 0 amide bonds. The van der Waals surface area contributed by atoms with E-state index >= 15 is 0 Å². The van der Waals surface area contributed by atoms with Crippen molar-refractivity contribution < 1.29 is 0 Å². The van der Waals surface area contributed by atoms with Crippen LogP contribution >= 0.6 is 24.0 Å². The quantitative estimate of drug-likeness (QED) is 0.441. The zero-order chi connectivity index (χ0) is 17.1. The Labute approximate surface area is 167 Å². The van der Waals surface area contributed by atoms with Gasteiger partial charge in [0.25, 0.3) is 0 Å². The van der Waals surface area contributed by atoms with Gasteiger partial charge in [-0.25, -0.2) is 0 Å². The van der Waals surface area contributed by atoms with E-state index < -0.39 is 0 Å². The Morgan fingerprint density at radius 3 is 2.80 bits per heavy atom. The number of benzene rings is 1. The maximum absolute atomic E-state index is 4.48.